The van der Waals surface area contributed by atoms with Crippen molar-refractivity contribution in [2.24, 2.45) is 11.8 Å². The fourth-order valence-corrected chi connectivity index (χ4v) is 2.77. The van der Waals surface area contributed by atoms with Gasteiger partial charge in [0.15, 0.2) is 0 Å². The molecule has 1 aliphatic rings. The number of nitrogen functional groups attached to an aromatic ring is 1. The Morgan fingerprint density at radius 2 is 2.12 bits per heavy atom. The highest BCUT2D eigenvalue weighted by Gasteiger charge is 2.25. The van der Waals surface area contributed by atoms with E-state index in [1.54, 1.807) is 0 Å². The van der Waals surface area contributed by atoms with Crippen LogP contribution in [0.25, 0.3) is 0 Å². The minimum absolute atomic E-state index is 0.517. The predicted molar refractivity (Wildman–Crippen MR) is 73.0 cm³/mol. The Morgan fingerprint density at radius 3 is 2.76 bits per heavy atom. The average molecular weight is 233 g/mol. The first-order valence-electron chi connectivity index (χ1n) is 6.55. The van der Waals surface area contributed by atoms with E-state index in [4.69, 9.17) is 5.73 Å². The van der Waals surface area contributed by atoms with Crippen molar-refractivity contribution in [3.05, 3.63) is 17.8 Å². The first-order chi connectivity index (χ1) is 8.06. The molecule has 1 fully saturated rings. The number of nitrogens with one attached hydrogen (secondary N) is 1. The van der Waals surface area contributed by atoms with E-state index in [1.165, 1.54) is 19.3 Å². The Bertz CT molecular complexity index is 389. The number of hydrogen-bond donors (Lipinski definition) is 2. The molecule has 1 aromatic rings. The number of nitrogens with zero attached hydrogens (tertiary/aromatic N) is 1. The minimum Gasteiger partial charge on any atom is -0.396 e. The van der Waals surface area contributed by atoms with Crippen LogP contribution in [0.2, 0.25) is 0 Å². The van der Waals surface area contributed by atoms with Crippen LogP contribution < -0.4 is 11.1 Å². The smallest absolute Gasteiger partial charge is 0.149 e. The molecule has 3 nitrogen and oxygen atoms in total. The first-order valence-corrected chi connectivity index (χ1v) is 6.55. The fourth-order valence-electron chi connectivity index (χ4n) is 2.77. The predicted octanol–water partition coefficient (Wildman–Crippen LogP) is 3.21. The molecule has 0 aromatic carbocycles. The van der Waals surface area contributed by atoms with Gasteiger partial charge in [0, 0.05) is 12.2 Å². The Kier molecular flexibility index (Phi) is 3.55. The fraction of sp³-hybridized carbons (Fsp3) is 0.643. The van der Waals surface area contributed by atoms with E-state index in [9.17, 15) is 0 Å². The molecule has 2 rings (SSSR count). The quantitative estimate of drug-likeness (QED) is 0.824. The maximum atomic E-state index is 5.99. The Labute approximate surface area is 104 Å². The number of rotatable bonds is 2. The highest BCUT2D eigenvalue weighted by atomic mass is 15.0. The molecule has 94 valence electrons. The summed E-state index contributed by atoms with van der Waals surface area (Å²) >= 11 is 0. The molecule has 3 heteroatoms. The van der Waals surface area contributed by atoms with Crippen LogP contribution in [0.1, 0.15) is 38.7 Å². The van der Waals surface area contributed by atoms with Crippen LogP contribution in [0.4, 0.5) is 11.5 Å². The zero-order valence-corrected chi connectivity index (χ0v) is 11.0. The van der Waals surface area contributed by atoms with Gasteiger partial charge >= 0.3 is 0 Å². The molecule has 0 radical (unpaired) electrons. The second-order valence-electron chi connectivity index (χ2n) is 5.60. The second kappa shape index (κ2) is 4.94. The van der Waals surface area contributed by atoms with Gasteiger partial charge in [-0.15, -0.1) is 0 Å². The number of pyridine rings is 1. The van der Waals surface area contributed by atoms with Crippen LogP contribution in [0, 0.1) is 18.8 Å². The SMILES string of the molecule is Cc1cnc(NC2CCC(C)CC2C)c(N)c1. The molecule has 3 unspecified atom stereocenters. The second-order valence-corrected chi connectivity index (χ2v) is 5.60. The third-order valence-corrected chi connectivity index (χ3v) is 3.81. The third-order valence-electron chi connectivity index (χ3n) is 3.81. The van der Waals surface area contributed by atoms with Gasteiger partial charge in [-0.05, 0) is 49.7 Å². The van der Waals surface area contributed by atoms with Crippen LogP contribution in [-0.4, -0.2) is 11.0 Å². The first kappa shape index (κ1) is 12.2. The van der Waals surface area contributed by atoms with E-state index in [2.05, 4.69) is 24.1 Å². The molecule has 17 heavy (non-hydrogen) atoms. The zero-order valence-electron chi connectivity index (χ0n) is 11.0. The van der Waals surface area contributed by atoms with Crippen molar-refractivity contribution in [1.82, 2.24) is 4.98 Å². The largest absolute Gasteiger partial charge is 0.396 e. The molecule has 0 aliphatic heterocycles. The lowest BCUT2D eigenvalue weighted by Gasteiger charge is -2.33. The topological polar surface area (TPSA) is 50.9 Å². The molecule has 0 spiro atoms. The molecule has 1 aliphatic carbocycles. The van der Waals surface area contributed by atoms with E-state index in [0.29, 0.717) is 12.0 Å². The summed E-state index contributed by atoms with van der Waals surface area (Å²) in [5.74, 6) is 2.40. The van der Waals surface area contributed by atoms with Crippen molar-refractivity contribution in [2.75, 3.05) is 11.1 Å². The highest BCUT2D eigenvalue weighted by Crippen LogP contribution is 2.31. The van der Waals surface area contributed by atoms with Crippen molar-refractivity contribution < 1.29 is 0 Å². The maximum absolute atomic E-state index is 5.99. The summed E-state index contributed by atoms with van der Waals surface area (Å²) in [6.07, 6.45) is 5.68. The molecule has 1 heterocycles. The molecule has 0 bridgehead atoms. The highest BCUT2D eigenvalue weighted by molar-refractivity contribution is 5.62. The van der Waals surface area contributed by atoms with E-state index in [-0.39, 0.29) is 0 Å². The summed E-state index contributed by atoms with van der Waals surface area (Å²) in [5, 5.41) is 3.51. The Balaban J connectivity index is 2.05. The molecule has 1 saturated carbocycles. The summed E-state index contributed by atoms with van der Waals surface area (Å²) in [6, 6.07) is 2.49. The van der Waals surface area contributed by atoms with Crippen molar-refractivity contribution in [3.8, 4) is 0 Å². The van der Waals surface area contributed by atoms with Gasteiger partial charge in [0.05, 0.1) is 5.69 Å². The van der Waals surface area contributed by atoms with Crippen molar-refractivity contribution in [2.45, 2.75) is 46.1 Å². The molecule has 3 N–H and O–H groups in total. The lowest BCUT2D eigenvalue weighted by Crippen LogP contribution is -2.33. The Hall–Kier alpha value is -1.25. The van der Waals surface area contributed by atoms with Crippen LogP contribution in [0.3, 0.4) is 0 Å². The van der Waals surface area contributed by atoms with Crippen molar-refractivity contribution in [3.63, 3.8) is 0 Å². The van der Waals surface area contributed by atoms with Gasteiger partial charge in [-0.1, -0.05) is 13.8 Å². The summed E-state index contributed by atoms with van der Waals surface area (Å²) in [6.45, 7) is 6.67. The zero-order chi connectivity index (χ0) is 12.4. The monoisotopic (exact) mass is 233 g/mol. The van der Waals surface area contributed by atoms with E-state index in [0.717, 1.165) is 23.0 Å². The standard InChI is InChI=1S/C14H23N3/c1-9-4-5-13(11(3)6-9)17-14-12(15)7-10(2)8-16-14/h7-9,11,13H,4-6,15H2,1-3H3,(H,16,17). The van der Waals surface area contributed by atoms with Crippen LogP contribution in [0.5, 0.6) is 0 Å². The van der Waals surface area contributed by atoms with Crippen LogP contribution in [-0.2, 0) is 0 Å². The average Bonchev–Trinajstić information content (AvgIpc) is 2.25. The number of anilines is 2. The summed E-state index contributed by atoms with van der Waals surface area (Å²) in [5.41, 5.74) is 7.86. The van der Waals surface area contributed by atoms with Gasteiger partial charge in [0.2, 0.25) is 0 Å². The maximum Gasteiger partial charge on any atom is 0.149 e. The summed E-state index contributed by atoms with van der Waals surface area (Å²) in [7, 11) is 0. The molecule has 0 amide bonds. The van der Waals surface area contributed by atoms with Gasteiger partial charge in [0.25, 0.3) is 0 Å². The van der Waals surface area contributed by atoms with Crippen LogP contribution >= 0.6 is 0 Å². The van der Waals surface area contributed by atoms with Gasteiger partial charge in [-0.2, -0.15) is 0 Å². The van der Waals surface area contributed by atoms with Gasteiger partial charge in [0.1, 0.15) is 5.82 Å². The van der Waals surface area contributed by atoms with E-state index >= 15 is 0 Å². The minimum atomic E-state index is 0.517. The van der Waals surface area contributed by atoms with Gasteiger partial charge in [-0.25, -0.2) is 4.98 Å². The van der Waals surface area contributed by atoms with Crippen LogP contribution in [0.15, 0.2) is 12.3 Å². The lowest BCUT2D eigenvalue weighted by atomic mass is 9.80. The lowest BCUT2D eigenvalue weighted by molar-refractivity contribution is 0.276. The number of hydrogen-bond acceptors (Lipinski definition) is 3. The number of aryl methyl sites for hydroxylation is 1. The third kappa shape index (κ3) is 2.90. The van der Waals surface area contributed by atoms with E-state index in [1.807, 2.05) is 19.2 Å². The summed E-state index contributed by atoms with van der Waals surface area (Å²) < 4.78 is 0. The van der Waals surface area contributed by atoms with Crippen molar-refractivity contribution >= 4 is 11.5 Å². The number of nitrogens with two attached hydrogens (primary N) is 1. The molecule has 3 atom stereocenters. The molecular formula is C14H23N3. The Morgan fingerprint density at radius 1 is 1.35 bits per heavy atom. The molecule has 1 aromatic heterocycles. The van der Waals surface area contributed by atoms with Gasteiger partial charge in [-0.3, -0.25) is 0 Å². The number of aromatic nitrogens is 1. The molecule has 0 saturated heterocycles. The normalized spacial score (nSPS) is 29.0. The summed E-state index contributed by atoms with van der Waals surface area (Å²) in [4.78, 5) is 4.39. The van der Waals surface area contributed by atoms with Gasteiger partial charge < -0.3 is 11.1 Å². The molecular weight excluding hydrogens is 210 g/mol. The van der Waals surface area contributed by atoms with Crippen molar-refractivity contribution in [1.29, 1.82) is 0 Å². The van der Waals surface area contributed by atoms with E-state index < -0.39 is 0 Å².